The van der Waals surface area contributed by atoms with Crippen LogP contribution in [0.1, 0.15) is 68.7 Å². The van der Waals surface area contributed by atoms with E-state index in [4.69, 9.17) is 0 Å². The van der Waals surface area contributed by atoms with Gasteiger partial charge < -0.3 is 14.7 Å². The third-order valence-electron chi connectivity index (χ3n) is 5.35. The molecule has 4 heteroatoms. The van der Waals surface area contributed by atoms with Crippen molar-refractivity contribution < 1.29 is 26.2 Å². The van der Waals surface area contributed by atoms with Gasteiger partial charge in [-0.15, -0.1) is 26.2 Å². The molecule has 0 aromatic carbocycles. The SMILES string of the molecule is C=CCN(CC)CC.C=CCN(CC)CC.C=CCN(CC)CC.CC(C)(C)C1=[C-]CC=C1.[Zr]. The summed E-state index contributed by atoms with van der Waals surface area (Å²) in [5, 5.41) is 0. The van der Waals surface area contributed by atoms with Crippen LogP contribution in [-0.4, -0.2) is 73.6 Å². The zero-order valence-corrected chi connectivity index (χ0v) is 26.9. The van der Waals surface area contributed by atoms with E-state index in [0.29, 0.717) is 5.41 Å². The van der Waals surface area contributed by atoms with Gasteiger partial charge in [0, 0.05) is 45.8 Å². The van der Waals surface area contributed by atoms with Gasteiger partial charge in [0.05, 0.1) is 0 Å². The van der Waals surface area contributed by atoms with E-state index in [2.05, 4.69) is 115 Å². The maximum absolute atomic E-state index is 3.65. The van der Waals surface area contributed by atoms with Gasteiger partial charge in [-0.2, -0.15) is 6.08 Å². The van der Waals surface area contributed by atoms with Crippen LogP contribution >= 0.6 is 0 Å². The smallest absolute Gasteiger partial charge is 0.0160 e. The summed E-state index contributed by atoms with van der Waals surface area (Å²) in [4.78, 5) is 6.94. The molecule has 0 radical (unpaired) electrons. The van der Waals surface area contributed by atoms with Crippen molar-refractivity contribution in [3.05, 3.63) is 61.8 Å². The van der Waals surface area contributed by atoms with E-state index in [9.17, 15) is 0 Å². The molecule has 0 saturated heterocycles. The van der Waals surface area contributed by atoms with E-state index >= 15 is 0 Å². The Morgan fingerprint density at radius 1 is 0.706 bits per heavy atom. The van der Waals surface area contributed by atoms with Gasteiger partial charge in [0.1, 0.15) is 0 Å². The number of nitrogens with zero attached hydrogens (tertiary/aromatic N) is 3. The predicted octanol–water partition coefficient (Wildman–Crippen LogP) is 7.26. The topological polar surface area (TPSA) is 9.72 Å². The summed E-state index contributed by atoms with van der Waals surface area (Å²) in [7, 11) is 0. The van der Waals surface area contributed by atoms with Crippen molar-refractivity contribution in [1.82, 2.24) is 14.7 Å². The van der Waals surface area contributed by atoms with Crippen molar-refractivity contribution in [2.75, 3.05) is 58.9 Å². The van der Waals surface area contributed by atoms with E-state index in [0.717, 1.165) is 65.3 Å². The molecule has 198 valence electrons. The predicted molar refractivity (Wildman–Crippen MR) is 154 cm³/mol. The minimum absolute atomic E-state index is 0. The Hall–Kier alpha value is -0.537. The molecule has 3 nitrogen and oxygen atoms in total. The Morgan fingerprint density at radius 2 is 1.00 bits per heavy atom. The fourth-order valence-corrected chi connectivity index (χ4v) is 2.91. The molecule has 0 atom stereocenters. The molecule has 1 rings (SSSR count). The first-order chi connectivity index (χ1) is 15.6. The monoisotopic (exact) mass is 550 g/mol. The van der Waals surface area contributed by atoms with E-state index in [1.165, 1.54) is 5.57 Å². The van der Waals surface area contributed by atoms with Gasteiger partial charge in [-0.3, -0.25) is 6.08 Å². The zero-order chi connectivity index (χ0) is 26.1. The van der Waals surface area contributed by atoms with E-state index in [-0.39, 0.29) is 26.2 Å². The summed E-state index contributed by atoms with van der Waals surface area (Å²) in [6.07, 6.45) is 14.4. The van der Waals surface area contributed by atoms with E-state index in [1.54, 1.807) is 0 Å². The van der Waals surface area contributed by atoms with Crippen LogP contribution in [0.25, 0.3) is 0 Å². The first-order valence-electron chi connectivity index (χ1n) is 12.9. The molecule has 0 aromatic rings. The molecule has 0 aliphatic heterocycles. The normalized spacial score (nSPS) is 11.8. The van der Waals surface area contributed by atoms with Gasteiger partial charge in [-0.25, -0.2) is 11.6 Å². The average Bonchev–Trinajstić information content (AvgIpc) is 3.36. The van der Waals surface area contributed by atoms with Crippen LogP contribution in [-0.2, 0) is 26.2 Å². The van der Waals surface area contributed by atoms with Crippen molar-refractivity contribution in [1.29, 1.82) is 0 Å². The van der Waals surface area contributed by atoms with Crippen molar-refractivity contribution in [3.63, 3.8) is 0 Å². The second kappa shape index (κ2) is 28.7. The first kappa shape index (κ1) is 40.6. The zero-order valence-electron chi connectivity index (χ0n) is 24.4. The largest absolute Gasteiger partial charge is 0.300 e. The molecule has 0 spiro atoms. The van der Waals surface area contributed by atoms with Crippen LogP contribution < -0.4 is 0 Å². The second-order valence-corrected chi connectivity index (χ2v) is 8.77. The Balaban J connectivity index is -0.000000175. The maximum Gasteiger partial charge on any atom is 0.0160 e. The summed E-state index contributed by atoms with van der Waals surface area (Å²) in [5.41, 5.74) is 1.65. The third kappa shape index (κ3) is 26.1. The quantitative estimate of drug-likeness (QED) is 0.187. The van der Waals surface area contributed by atoms with Gasteiger partial charge >= 0.3 is 0 Å². The Labute approximate surface area is 234 Å². The molecular weight excluding hydrogens is 494 g/mol. The van der Waals surface area contributed by atoms with Crippen LogP contribution in [0.5, 0.6) is 0 Å². The Morgan fingerprint density at radius 3 is 1.09 bits per heavy atom. The fourth-order valence-electron chi connectivity index (χ4n) is 2.91. The van der Waals surface area contributed by atoms with Crippen LogP contribution in [0, 0.1) is 11.5 Å². The van der Waals surface area contributed by atoms with E-state index in [1.807, 2.05) is 18.2 Å². The van der Waals surface area contributed by atoms with Crippen LogP contribution in [0.15, 0.2) is 55.7 Å². The number of hydrogen-bond acceptors (Lipinski definition) is 3. The van der Waals surface area contributed by atoms with Crippen LogP contribution in [0.4, 0.5) is 0 Å². The Kier molecular flexibility index (Phi) is 34.3. The van der Waals surface area contributed by atoms with Crippen molar-refractivity contribution in [2.45, 2.75) is 68.7 Å². The number of hydrogen-bond donors (Lipinski definition) is 0. The summed E-state index contributed by atoms with van der Waals surface area (Å²) < 4.78 is 0. The van der Waals surface area contributed by atoms with Gasteiger partial charge in [-0.1, -0.05) is 80.5 Å². The maximum atomic E-state index is 3.65. The van der Waals surface area contributed by atoms with Crippen molar-refractivity contribution >= 4 is 0 Å². The summed E-state index contributed by atoms with van der Waals surface area (Å²) in [5.74, 6) is 0. The molecule has 0 saturated carbocycles. The standard InChI is InChI=1S/C9H13.3C7H15N.Zr/c1-9(2,3)8-6-4-5-7-8;3*1-4-7-8(5-2)6-3;/h4,6H,5H2,1-3H3;3*4H,1,5-7H2,2-3H3;/q-1;;;;. The molecule has 0 unspecified atom stereocenters. The summed E-state index contributed by atoms with van der Waals surface area (Å²) >= 11 is 0. The van der Waals surface area contributed by atoms with Crippen molar-refractivity contribution in [2.24, 2.45) is 5.41 Å². The minimum Gasteiger partial charge on any atom is -0.300 e. The molecule has 0 heterocycles. The third-order valence-corrected chi connectivity index (χ3v) is 5.35. The van der Waals surface area contributed by atoms with Gasteiger partial charge in [0.2, 0.25) is 0 Å². The summed E-state index contributed by atoms with van der Waals surface area (Å²) in [6.45, 7) is 40.4. The minimum atomic E-state index is 0. The molecular formula is C30H58N3Zr-. The molecule has 34 heavy (non-hydrogen) atoms. The van der Waals surface area contributed by atoms with E-state index < -0.39 is 0 Å². The Bertz CT molecular complexity index is 463. The molecule has 0 fully saturated rings. The molecule has 0 N–H and O–H groups in total. The van der Waals surface area contributed by atoms with Crippen LogP contribution in [0.3, 0.4) is 0 Å². The van der Waals surface area contributed by atoms with Gasteiger partial charge in [0.15, 0.2) is 0 Å². The average molecular weight is 552 g/mol. The van der Waals surface area contributed by atoms with Gasteiger partial charge in [0.25, 0.3) is 0 Å². The number of likely N-dealkylation sites (N-methyl/N-ethyl adjacent to an activating group) is 3. The number of rotatable bonds is 12. The number of allylic oxidation sites excluding steroid dienone is 4. The summed E-state index contributed by atoms with van der Waals surface area (Å²) in [6, 6.07) is 0. The first-order valence-corrected chi connectivity index (χ1v) is 12.9. The second-order valence-electron chi connectivity index (χ2n) is 8.77. The molecule has 0 amide bonds. The molecule has 0 aromatic heterocycles. The molecule has 0 bridgehead atoms. The molecule has 1 aliphatic carbocycles. The molecule has 1 aliphatic rings. The van der Waals surface area contributed by atoms with Crippen molar-refractivity contribution in [3.8, 4) is 0 Å². The van der Waals surface area contributed by atoms with Crippen LogP contribution in [0.2, 0.25) is 0 Å². The fraction of sp³-hybridized carbons (Fsp3) is 0.667. The van der Waals surface area contributed by atoms with Gasteiger partial charge in [-0.05, 0) is 44.7 Å².